The topological polar surface area (TPSA) is 4.93 Å². The predicted octanol–water partition coefficient (Wildman–Crippen LogP) is 10.1. The molecule has 0 amide bonds. The van der Waals surface area contributed by atoms with Crippen LogP contribution in [-0.4, -0.2) is 4.57 Å². The average molecular weight is 420 g/mol. The van der Waals surface area contributed by atoms with Crippen molar-refractivity contribution in [3.05, 3.63) is 47.5 Å². The molecule has 1 atom stereocenters. The summed E-state index contributed by atoms with van der Waals surface area (Å²) in [6, 6.07) is 14.5. The van der Waals surface area contributed by atoms with E-state index in [1.807, 2.05) is 0 Å². The molecule has 0 bridgehead atoms. The first kappa shape index (κ1) is 23.9. The van der Waals surface area contributed by atoms with Gasteiger partial charge in [0.25, 0.3) is 0 Å². The summed E-state index contributed by atoms with van der Waals surface area (Å²) in [5.41, 5.74) is 5.50. The maximum Gasteiger partial charge on any atom is 0.0494 e. The SMILES string of the molecule is CCCCCCCCCCCCCCC(C)n1c2ccc(C)cc2c2cc(C)ccc21. The van der Waals surface area contributed by atoms with E-state index in [4.69, 9.17) is 0 Å². The molecule has 0 radical (unpaired) electrons. The van der Waals surface area contributed by atoms with Crippen molar-refractivity contribution in [2.75, 3.05) is 0 Å². The van der Waals surface area contributed by atoms with Crippen LogP contribution in [0.4, 0.5) is 0 Å². The van der Waals surface area contributed by atoms with Crippen molar-refractivity contribution in [1.29, 1.82) is 0 Å². The van der Waals surface area contributed by atoms with Crippen LogP contribution >= 0.6 is 0 Å². The highest BCUT2D eigenvalue weighted by Crippen LogP contribution is 2.34. The lowest BCUT2D eigenvalue weighted by Crippen LogP contribution is -2.04. The number of benzene rings is 2. The van der Waals surface area contributed by atoms with Gasteiger partial charge in [0.1, 0.15) is 0 Å². The lowest BCUT2D eigenvalue weighted by atomic mass is 10.0. The van der Waals surface area contributed by atoms with Crippen molar-refractivity contribution < 1.29 is 0 Å². The van der Waals surface area contributed by atoms with Crippen LogP contribution in [0.25, 0.3) is 21.8 Å². The third-order valence-corrected chi connectivity index (χ3v) is 7.03. The minimum atomic E-state index is 0.550. The molecule has 0 N–H and O–H groups in total. The van der Waals surface area contributed by atoms with Gasteiger partial charge >= 0.3 is 0 Å². The molecule has 1 heterocycles. The number of fused-ring (bicyclic) bond motifs is 3. The van der Waals surface area contributed by atoms with Gasteiger partial charge in [-0.15, -0.1) is 0 Å². The van der Waals surface area contributed by atoms with Crippen molar-refractivity contribution in [3.8, 4) is 0 Å². The number of nitrogens with zero attached hydrogens (tertiary/aromatic N) is 1. The highest BCUT2D eigenvalue weighted by atomic mass is 15.0. The summed E-state index contributed by atoms with van der Waals surface area (Å²) in [6.07, 6.45) is 18.3. The standard InChI is InChI=1S/C30H45N/c1-5-6-7-8-9-10-11-12-13-14-15-16-17-26(4)31-29-20-18-24(2)22-27(29)28-23-25(3)19-21-30(28)31/h18-23,26H,5-17H2,1-4H3. The number of hydrogen-bond acceptors (Lipinski definition) is 0. The fourth-order valence-electron chi connectivity index (χ4n) is 5.17. The van der Waals surface area contributed by atoms with E-state index >= 15 is 0 Å². The zero-order valence-corrected chi connectivity index (χ0v) is 20.7. The Balaban J connectivity index is 1.45. The Bertz CT molecular complexity index is 873. The molecule has 3 aromatic rings. The second-order valence-corrected chi connectivity index (χ2v) is 9.94. The van der Waals surface area contributed by atoms with Gasteiger partial charge < -0.3 is 4.57 Å². The summed E-state index contributed by atoms with van der Waals surface area (Å²) >= 11 is 0. The first-order chi connectivity index (χ1) is 15.1. The number of aromatic nitrogens is 1. The normalized spacial score (nSPS) is 12.8. The molecule has 0 fully saturated rings. The quantitative estimate of drug-likeness (QED) is 0.229. The van der Waals surface area contributed by atoms with E-state index in [1.54, 1.807) is 0 Å². The fraction of sp³-hybridized carbons (Fsp3) is 0.600. The van der Waals surface area contributed by atoms with Crippen LogP contribution in [0.2, 0.25) is 0 Å². The van der Waals surface area contributed by atoms with E-state index < -0.39 is 0 Å². The van der Waals surface area contributed by atoms with Gasteiger partial charge in [0.15, 0.2) is 0 Å². The van der Waals surface area contributed by atoms with Crippen LogP contribution in [0.15, 0.2) is 36.4 Å². The lowest BCUT2D eigenvalue weighted by Gasteiger charge is -2.17. The molecule has 0 spiro atoms. The lowest BCUT2D eigenvalue weighted by molar-refractivity contribution is 0.482. The Hall–Kier alpha value is -1.76. The summed E-state index contributed by atoms with van der Waals surface area (Å²) in [7, 11) is 0. The van der Waals surface area contributed by atoms with Gasteiger partial charge in [0, 0.05) is 27.8 Å². The Morgan fingerprint density at radius 3 is 1.48 bits per heavy atom. The molecule has 3 rings (SSSR count). The van der Waals surface area contributed by atoms with Crippen molar-refractivity contribution >= 4 is 21.8 Å². The molecule has 1 nitrogen and oxygen atoms in total. The third-order valence-electron chi connectivity index (χ3n) is 7.03. The number of rotatable bonds is 14. The van der Waals surface area contributed by atoms with Crippen LogP contribution in [0.1, 0.15) is 114 Å². The minimum absolute atomic E-state index is 0.550. The molecule has 170 valence electrons. The molecule has 1 heteroatoms. The first-order valence-electron chi connectivity index (χ1n) is 13.1. The van der Waals surface area contributed by atoms with Gasteiger partial charge in [0.2, 0.25) is 0 Å². The van der Waals surface area contributed by atoms with Crippen LogP contribution in [0.3, 0.4) is 0 Å². The molecule has 0 saturated heterocycles. The van der Waals surface area contributed by atoms with E-state index in [0.717, 1.165) is 0 Å². The smallest absolute Gasteiger partial charge is 0.0494 e. The highest BCUT2D eigenvalue weighted by Gasteiger charge is 2.15. The van der Waals surface area contributed by atoms with Crippen molar-refractivity contribution in [2.24, 2.45) is 0 Å². The Labute approximate surface area is 191 Å². The monoisotopic (exact) mass is 419 g/mol. The predicted molar refractivity (Wildman–Crippen MR) is 139 cm³/mol. The molecule has 0 saturated carbocycles. The number of unbranched alkanes of at least 4 members (excludes halogenated alkanes) is 11. The molecule has 0 aliphatic carbocycles. The average Bonchev–Trinajstić information content (AvgIpc) is 3.07. The Kier molecular flexibility index (Phi) is 9.50. The molecular formula is C30H45N. The molecule has 2 aromatic carbocycles. The van der Waals surface area contributed by atoms with Crippen molar-refractivity contribution in [2.45, 2.75) is 117 Å². The zero-order valence-electron chi connectivity index (χ0n) is 20.7. The Morgan fingerprint density at radius 2 is 1.03 bits per heavy atom. The van der Waals surface area contributed by atoms with Crippen LogP contribution in [-0.2, 0) is 0 Å². The summed E-state index contributed by atoms with van der Waals surface area (Å²) in [4.78, 5) is 0. The second kappa shape index (κ2) is 12.3. The van der Waals surface area contributed by atoms with E-state index in [-0.39, 0.29) is 0 Å². The molecule has 1 unspecified atom stereocenters. The largest absolute Gasteiger partial charge is 0.338 e. The van der Waals surface area contributed by atoms with Gasteiger partial charge in [-0.2, -0.15) is 0 Å². The molecule has 0 aliphatic rings. The summed E-state index contributed by atoms with van der Waals surface area (Å²) in [5.74, 6) is 0. The van der Waals surface area contributed by atoms with E-state index in [2.05, 4.69) is 68.7 Å². The van der Waals surface area contributed by atoms with E-state index in [9.17, 15) is 0 Å². The maximum absolute atomic E-state index is 2.60. The summed E-state index contributed by atoms with van der Waals surface area (Å²) in [6.45, 7) is 9.12. The molecular weight excluding hydrogens is 374 g/mol. The van der Waals surface area contributed by atoms with E-state index in [0.29, 0.717) is 6.04 Å². The second-order valence-electron chi connectivity index (χ2n) is 9.94. The summed E-state index contributed by atoms with van der Waals surface area (Å²) < 4.78 is 2.60. The highest BCUT2D eigenvalue weighted by molar-refractivity contribution is 6.08. The fourth-order valence-corrected chi connectivity index (χ4v) is 5.17. The van der Waals surface area contributed by atoms with Crippen LogP contribution < -0.4 is 0 Å². The maximum atomic E-state index is 2.60. The van der Waals surface area contributed by atoms with Gasteiger partial charge in [-0.05, 0) is 51.5 Å². The minimum Gasteiger partial charge on any atom is -0.338 e. The molecule has 31 heavy (non-hydrogen) atoms. The van der Waals surface area contributed by atoms with Gasteiger partial charge in [-0.1, -0.05) is 107 Å². The van der Waals surface area contributed by atoms with Gasteiger partial charge in [0.05, 0.1) is 0 Å². The van der Waals surface area contributed by atoms with Crippen molar-refractivity contribution in [3.63, 3.8) is 0 Å². The van der Waals surface area contributed by atoms with Gasteiger partial charge in [-0.3, -0.25) is 0 Å². The first-order valence-corrected chi connectivity index (χ1v) is 13.1. The van der Waals surface area contributed by atoms with Crippen LogP contribution in [0, 0.1) is 13.8 Å². The number of aryl methyl sites for hydroxylation is 2. The van der Waals surface area contributed by atoms with E-state index in [1.165, 1.54) is 116 Å². The third kappa shape index (κ3) is 6.61. The summed E-state index contributed by atoms with van der Waals surface area (Å²) in [5, 5.41) is 2.83. The molecule has 1 aromatic heterocycles. The zero-order chi connectivity index (χ0) is 22.1. The van der Waals surface area contributed by atoms with Crippen molar-refractivity contribution in [1.82, 2.24) is 4.57 Å². The molecule has 0 aliphatic heterocycles. The number of hydrogen-bond donors (Lipinski definition) is 0. The van der Waals surface area contributed by atoms with Gasteiger partial charge in [-0.25, -0.2) is 0 Å². The van der Waals surface area contributed by atoms with Crippen LogP contribution in [0.5, 0.6) is 0 Å². The Morgan fingerprint density at radius 1 is 0.613 bits per heavy atom.